The highest BCUT2D eigenvalue weighted by atomic mass is 16.1. The monoisotopic (exact) mass is 311 g/mol. The van der Waals surface area contributed by atoms with Crippen molar-refractivity contribution in [1.82, 2.24) is 29.8 Å². The van der Waals surface area contributed by atoms with Crippen LogP contribution in [-0.2, 0) is 7.05 Å². The maximum atomic E-state index is 12.5. The predicted octanol–water partition coefficient (Wildman–Crippen LogP) is 1.78. The summed E-state index contributed by atoms with van der Waals surface area (Å²) in [6.45, 7) is 2.13. The fraction of sp³-hybridized carbons (Fsp3) is 0.400. The Hall–Kier alpha value is -2.77. The van der Waals surface area contributed by atoms with Gasteiger partial charge in [-0.3, -0.25) is 4.79 Å². The summed E-state index contributed by atoms with van der Waals surface area (Å²) in [5.74, 6) is 1.13. The third kappa shape index (κ3) is 2.45. The van der Waals surface area contributed by atoms with Gasteiger partial charge in [-0.1, -0.05) is 5.21 Å². The fourth-order valence-electron chi connectivity index (χ4n) is 2.76. The number of amides is 1. The summed E-state index contributed by atoms with van der Waals surface area (Å²) in [5.41, 5.74) is 1.69. The van der Waals surface area contributed by atoms with Crippen LogP contribution in [0.5, 0.6) is 0 Å². The molecule has 4 rings (SSSR count). The van der Waals surface area contributed by atoms with Crippen molar-refractivity contribution in [2.75, 3.05) is 5.32 Å². The molecule has 0 radical (unpaired) electrons. The molecule has 1 atom stereocenters. The fourth-order valence-corrected chi connectivity index (χ4v) is 2.76. The van der Waals surface area contributed by atoms with E-state index in [1.807, 2.05) is 10.7 Å². The molecule has 8 nitrogen and oxygen atoms in total. The second-order valence-corrected chi connectivity index (χ2v) is 5.97. The molecule has 8 heteroatoms. The van der Waals surface area contributed by atoms with Crippen molar-refractivity contribution in [3.63, 3.8) is 0 Å². The number of carbonyl (C=O) groups excluding carboxylic acids is 1. The second kappa shape index (κ2) is 5.15. The Balaban J connectivity index is 1.58. The summed E-state index contributed by atoms with van der Waals surface area (Å²) >= 11 is 0. The number of anilines is 1. The van der Waals surface area contributed by atoms with Crippen LogP contribution in [0.3, 0.4) is 0 Å². The lowest BCUT2D eigenvalue weighted by molar-refractivity contribution is 0.102. The van der Waals surface area contributed by atoms with Crippen LogP contribution in [0.4, 0.5) is 5.82 Å². The standard InChI is InChI=1S/C15H17N7O/c1-9(10-3-4-10)22-13(5-6-17-22)18-15(23)11-7-12-14(16-8-11)21(2)20-19-12/h5-10H,3-4H2,1-2H3,(H,18,23). The Kier molecular flexibility index (Phi) is 3.10. The number of nitrogens with one attached hydrogen (secondary N) is 1. The van der Waals surface area contributed by atoms with Crippen molar-refractivity contribution in [2.45, 2.75) is 25.8 Å². The SMILES string of the molecule is CC(C1CC1)n1nccc1NC(=O)c1cnc2c(c1)nnn2C. The molecule has 1 amide bonds. The molecule has 1 aliphatic rings. The molecule has 1 N–H and O–H groups in total. The minimum atomic E-state index is -0.227. The molecule has 0 aliphatic heterocycles. The van der Waals surface area contributed by atoms with Gasteiger partial charge in [0.25, 0.3) is 5.91 Å². The van der Waals surface area contributed by atoms with E-state index in [-0.39, 0.29) is 5.91 Å². The zero-order chi connectivity index (χ0) is 16.0. The highest BCUT2D eigenvalue weighted by Gasteiger charge is 2.30. The zero-order valence-electron chi connectivity index (χ0n) is 13.0. The van der Waals surface area contributed by atoms with Crippen molar-refractivity contribution < 1.29 is 4.79 Å². The van der Waals surface area contributed by atoms with Gasteiger partial charge in [0.15, 0.2) is 5.65 Å². The smallest absolute Gasteiger partial charge is 0.258 e. The average Bonchev–Trinajstić information content (AvgIpc) is 3.21. The lowest BCUT2D eigenvalue weighted by Gasteiger charge is -2.15. The molecule has 0 bridgehead atoms. The maximum absolute atomic E-state index is 12.5. The van der Waals surface area contributed by atoms with Crippen LogP contribution in [0.1, 0.15) is 36.2 Å². The first-order valence-electron chi connectivity index (χ1n) is 7.64. The highest BCUT2D eigenvalue weighted by Crippen LogP contribution is 2.40. The Bertz CT molecular complexity index is 877. The van der Waals surface area contributed by atoms with Gasteiger partial charge >= 0.3 is 0 Å². The van der Waals surface area contributed by atoms with E-state index in [1.54, 1.807) is 24.0 Å². The summed E-state index contributed by atoms with van der Waals surface area (Å²) in [6, 6.07) is 3.79. The van der Waals surface area contributed by atoms with Crippen LogP contribution in [0.25, 0.3) is 11.2 Å². The molecule has 0 saturated heterocycles. The van der Waals surface area contributed by atoms with Gasteiger partial charge in [0.2, 0.25) is 0 Å². The molecule has 0 spiro atoms. The molecule has 1 unspecified atom stereocenters. The Labute approximate surface area is 132 Å². The van der Waals surface area contributed by atoms with E-state index in [4.69, 9.17) is 0 Å². The van der Waals surface area contributed by atoms with Crippen molar-refractivity contribution in [3.8, 4) is 0 Å². The van der Waals surface area contributed by atoms with E-state index < -0.39 is 0 Å². The van der Waals surface area contributed by atoms with E-state index in [0.29, 0.717) is 34.5 Å². The summed E-state index contributed by atoms with van der Waals surface area (Å²) < 4.78 is 3.45. The molecule has 0 aromatic carbocycles. The number of hydrogen-bond acceptors (Lipinski definition) is 5. The summed E-state index contributed by atoms with van der Waals surface area (Å²) in [4.78, 5) is 16.7. The number of aryl methyl sites for hydroxylation is 1. The Morgan fingerprint density at radius 1 is 1.43 bits per heavy atom. The first-order chi connectivity index (χ1) is 11.1. The van der Waals surface area contributed by atoms with Crippen LogP contribution in [-0.4, -0.2) is 35.7 Å². The molecule has 1 saturated carbocycles. The zero-order valence-corrected chi connectivity index (χ0v) is 13.0. The van der Waals surface area contributed by atoms with E-state index in [0.717, 1.165) is 0 Å². The Morgan fingerprint density at radius 2 is 2.26 bits per heavy atom. The lowest BCUT2D eigenvalue weighted by atomic mass is 10.2. The second-order valence-electron chi connectivity index (χ2n) is 5.97. The van der Waals surface area contributed by atoms with E-state index >= 15 is 0 Å². The number of nitrogens with zero attached hydrogens (tertiary/aromatic N) is 6. The number of aromatic nitrogens is 6. The third-order valence-corrected chi connectivity index (χ3v) is 4.30. The minimum Gasteiger partial charge on any atom is -0.307 e. The van der Waals surface area contributed by atoms with Gasteiger partial charge in [0.05, 0.1) is 17.8 Å². The van der Waals surface area contributed by atoms with Crippen molar-refractivity contribution in [3.05, 3.63) is 30.1 Å². The van der Waals surface area contributed by atoms with E-state index in [9.17, 15) is 4.79 Å². The largest absolute Gasteiger partial charge is 0.307 e. The molecule has 118 valence electrons. The van der Waals surface area contributed by atoms with Crippen LogP contribution in [0.15, 0.2) is 24.5 Å². The average molecular weight is 311 g/mol. The molecule has 3 aromatic rings. The Morgan fingerprint density at radius 3 is 3.04 bits per heavy atom. The van der Waals surface area contributed by atoms with Gasteiger partial charge in [-0.2, -0.15) is 5.10 Å². The first-order valence-corrected chi connectivity index (χ1v) is 7.64. The quantitative estimate of drug-likeness (QED) is 0.793. The highest BCUT2D eigenvalue weighted by molar-refractivity contribution is 6.04. The molecule has 1 aliphatic carbocycles. The van der Waals surface area contributed by atoms with Crippen LogP contribution in [0, 0.1) is 5.92 Å². The van der Waals surface area contributed by atoms with Gasteiger partial charge < -0.3 is 5.32 Å². The van der Waals surface area contributed by atoms with Crippen LogP contribution in [0.2, 0.25) is 0 Å². The summed E-state index contributed by atoms with van der Waals surface area (Å²) in [7, 11) is 1.76. The lowest BCUT2D eigenvalue weighted by Crippen LogP contribution is -2.18. The van der Waals surface area contributed by atoms with Gasteiger partial charge in [0.1, 0.15) is 11.3 Å². The van der Waals surface area contributed by atoms with Crippen LogP contribution >= 0.6 is 0 Å². The van der Waals surface area contributed by atoms with Crippen molar-refractivity contribution >= 4 is 22.9 Å². The molecule has 3 aromatic heterocycles. The van der Waals surface area contributed by atoms with Crippen LogP contribution < -0.4 is 5.32 Å². The van der Waals surface area contributed by atoms with Gasteiger partial charge in [-0.15, -0.1) is 5.10 Å². The normalized spacial score (nSPS) is 15.7. The number of carbonyl (C=O) groups is 1. The number of hydrogen-bond donors (Lipinski definition) is 1. The van der Waals surface area contributed by atoms with Crippen molar-refractivity contribution in [1.29, 1.82) is 0 Å². The molecule has 23 heavy (non-hydrogen) atoms. The van der Waals surface area contributed by atoms with Gasteiger partial charge in [0, 0.05) is 19.3 Å². The van der Waals surface area contributed by atoms with Crippen molar-refractivity contribution in [2.24, 2.45) is 13.0 Å². The maximum Gasteiger partial charge on any atom is 0.258 e. The number of fused-ring (bicyclic) bond motifs is 1. The third-order valence-electron chi connectivity index (χ3n) is 4.30. The summed E-state index contributed by atoms with van der Waals surface area (Å²) in [5, 5.41) is 15.1. The minimum absolute atomic E-state index is 0.227. The van der Waals surface area contributed by atoms with E-state index in [2.05, 4.69) is 32.6 Å². The molecular weight excluding hydrogens is 294 g/mol. The number of rotatable bonds is 4. The predicted molar refractivity (Wildman–Crippen MR) is 83.9 cm³/mol. The van der Waals surface area contributed by atoms with Gasteiger partial charge in [-0.25, -0.2) is 14.3 Å². The molecule has 3 heterocycles. The van der Waals surface area contributed by atoms with E-state index in [1.165, 1.54) is 19.0 Å². The molecular formula is C15H17N7O. The number of pyridine rings is 1. The molecule has 1 fully saturated rings. The topological polar surface area (TPSA) is 90.5 Å². The first kappa shape index (κ1) is 13.9. The summed E-state index contributed by atoms with van der Waals surface area (Å²) in [6.07, 6.45) is 5.69. The van der Waals surface area contributed by atoms with Gasteiger partial charge in [-0.05, 0) is 31.7 Å².